The number of hydrogen-bond acceptors (Lipinski definition) is 3. The first-order chi connectivity index (χ1) is 3.18. The van der Waals surface area contributed by atoms with Crippen LogP contribution in [-0.2, 0) is 4.79 Å². The number of amides is 1. The average Bonchev–Trinajstić information content (AvgIpc) is 1.65. The molecule has 0 aliphatic rings. The van der Waals surface area contributed by atoms with Crippen molar-refractivity contribution in [2.24, 2.45) is 5.73 Å². The fourth-order valence-electron chi connectivity index (χ4n) is 0.0900. The third kappa shape index (κ3) is 2.47. The molecule has 1 unspecified atom stereocenters. The SMILES string of the molecule is NC(=O)C(O)CS. The first-order valence-electron chi connectivity index (χ1n) is 1.76. The number of rotatable bonds is 2. The summed E-state index contributed by atoms with van der Waals surface area (Å²) in [6.45, 7) is 0. The van der Waals surface area contributed by atoms with Crippen LogP contribution in [-0.4, -0.2) is 22.9 Å². The van der Waals surface area contributed by atoms with Crippen molar-refractivity contribution < 1.29 is 9.90 Å². The normalized spacial score (nSPS) is 13.4. The molecule has 7 heavy (non-hydrogen) atoms. The molecule has 42 valence electrons. The van der Waals surface area contributed by atoms with E-state index in [4.69, 9.17) is 5.11 Å². The van der Waals surface area contributed by atoms with Crippen molar-refractivity contribution in [2.75, 3.05) is 5.75 Å². The zero-order chi connectivity index (χ0) is 5.86. The largest absolute Gasteiger partial charge is 0.382 e. The van der Waals surface area contributed by atoms with E-state index in [1.807, 2.05) is 0 Å². The zero-order valence-electron chi connectivity index (χ0n) is 3.66. The summed E-state index contributed by atoms with van der Waals surface area (Å²) >= 11 is 3.60. The van der Waals surface area contributed by atoms with Gasteiger partial charge >= 0.3 is 0 Å². The maximum Gasteiger partial charge on any atom is 0.247 e. The number of carbonyl (C=O) groups excluding carboxylic acids is 1. The fourth-order valence-corrected chi connectivity index (χ4v) is 0.270. The van der Waals surface area contributed by atoms with E-state index in [0.29, 0.717) is 0 Å². The Morgan fingerprint density at radius 3 is 2.43 bits per heavy atom. The number of aliphatic hydroxyl groups excluding tert-OH is 1. The lowest BCUT2D eigenvalue weighted by atomic mass is 10.4. The Bertz CT molecular complexity index is 75.3. The molecule has 3 nitrogen and oxygen atoms in total. The van der Waals surface area contributed by atoms with Gasteiger partial charge in [-0.1, -0.05) is 0 Å². The number of carbonyl (C=O) groups is 1. The molecule has 0 aromatic rings. The van der Waals surface area contributed by atoms with Crippen molar-refractivity contribution >= 4 is 18.5 Å². The van der Waals surface area contributed by atoms with Gasteiger partial charge in [-0.15, -0.1) is 0 Å². The lowest BCUT2D eigenvalue weighted by molar-refractivity contribution is -0.124. The summed E-state index contributed by atoms with van der Waals surface area (Å²) in [6, 6.07) is 0. The molecule has 0 aromatic heterocycles. The molecule has 1 amide bonds. The van der Waals surface area contributed by atoms with Crippen molar-refractivity contribution in [3.05, 3.63) is 0 Å². The van der Waals surface area contributed by atoms with E-state index in [1.54, 1.807) is 0 Å². The van der Waals surface area contributed by atoms with Gasteiger partial charge in [-0.2, -0.15) is 12.6 Å². The molecular weight excluding hydrogens is 114 g/mol. The van der Waals surface area contributed by atoms with Crippen LogP contribution in [0.2, 0.25) is 0 Å². The van der Waals surface area contributed by atoms with E-state index < -0.39 is 12.0 Å². The predicted molar refractivity (Wildman–Crippen MR) is 29.1 cm³/mol. The van der Waals surface area contributed by atoms with Crippen LogP contribution in [0.5, 0.6) is 0 Å². The average molecular weight is 121 g/mol. The first-order valence-corrected chi connectivity index (χ1v) is 2.40. The van der Waals surface area contributed by atoms with Gasteiger partial charge in [0.05, 0.1) is 0 Å². The minimum atomic E-state index is -1.09. The highest BCUT2D eigenvalue weighted by molar-refractivity contribution is 7.80. The van der Waals surface area contributed by atoms with Crippen molar-refractivity contribution in [3.63, 3.8) is 0 Å². The zero-order valence-corrected chi connectivity index (χ0v) is 4.56. The second-order valence-corrected chi connectivity index (χ2v) is 1.47. The van der Waals surface area contributed by atoms with Crippen LogP contribution < -0.4 is 5.73 Å². The molecule has 0 rings (SSSR count). The maximum absolute atomic E-state index is 9.85. The Labute approximate surface area is 46.9 Å². The third-order valence-electron chi connectivity index (χ3n) is 0.501. The minimum absolute atomic E-state index is 0.0926. The lowest BCUT2D eigenvalue weighted by Crippen LogP contribution is -2.29. The molecule has 0 bridgehead atoms. The standard InChI is InChI=1S/C3H7NO2S/c4-3(6)2(5)1-7/h2,5,7H,1H2,(H2,4,6). The third-order valence-corrected chi connectivity index (χ3v) is 0.847. The van der Waals surface area contributed by atoms with Crippen LogP contribution in [0, 0.1) is 0 Å². The Hall–Kier alpha value is -0.220. The first kappa shape index (κ1) is 6.78. The van der Waals surface area contributed by atoms with E-state index >= 15 is 0 Å². The van der Waals surface area contributed by atoms with Gasteiger partial charge in [0.1, 0.15) is 6.10 Å². The second kappa shape index (κ2) is 2.87. The molecule has 4 heteroatoms. The number of nitrogens with two attached hydrogens (primary N) is 1. The van der Waals surface area contributed by atoms with Crippen LogP contribution in [0.1, 0.15) is 0 Å². The van der Waals surface area contributed by atoms with Crippen LogP contribution in [0.3, 0.4) is 0 Å². The molecule has 0 fully saturated rings. The summed E-state index contributed by atoms with van der Waals surface area (Å²) in [6.07, 6.45) is -1.09. The summed E-state index contributed by atoms with van der Waals surface area (Å²) < 4.78 is 0. The van der Waals surface area contributed by atoms with Crippen molar-refractivity contribution in [3.8, 4) is 0 Å². The molecule has 0 saturated heterocycles. The van der Waals surface area contributed by atoms with Crippen molar-refractivity contribution in [1.29, 1.82) is 0 Å². The van der Waals surface area contributed by atoms with Crippen molar-refractivity contribution in [1.82, 2.24) is 0 Å². The Morgan fingerprint density at radius 1 is 2.00 bits per heavy atom. The van der Waals surface area contributed by atoms with Gasteiger partial charge in [0.25, 0.3) is 0 Å². The number of primary amides is 1. The molecule has 0 aromatic carbocycles. The minimum Gasteiger partial charge on any atom is -0.382 e. The monoisotopic (exact) mass is 121 g/mol. The van der Waals surface area contributed by atoms with Gasteiger partial charge in [0, 0.05) is 5.75 Å². The van der Waals surface area contributed by atoms with Gasteiger partial charge in [-0.3, -0.25) is 4.79 Å². The Kier molecular flexibility index (Phi) is 2.78. The molecule has 0 aliphatic heterocycles. The van der Waals surface area contributed by atoms with Gasteiger partial charge in [-0.05, 0) is 0 Å². The smallest absolute Gasteiger partial charge is 0.247 e. The highest BCUT2D eigenvalue weighted by Crippen LogP contribution is 1.81. The Morgan fingerprint density at radius 2 is 2.43 bits per heavy atom. The Balaban J connectivity index is 3.34. The molecule has 0 radical (unpaired) electrons. The molecular formula is C3H7NO2S. The van der Waals surface area contributed by atoms with Crippen LogP contribution in [0.15, 0.2) is 0 Å². The van der Waals surface area contributed by atoms with E-state index in [2.05, 4.69) is 18.4 Å². The van der Waals surface area contributed by atoms with Crippen LogP contribution in [0.25, 0.3) is 0 Å². The topological polar surface area (TPSA) is 63.3 Å². The van der Waals surface area contributed by atoms with E-state index in [9.17, 15) is 4.79 Å². The van der Waals surface area contributed by atoms with E-state index in [-0.39, 0.29) is 5.75 Å². The lowest BCUT2D eigenvalue weighted by Gasteiger charge is -1.96. The van der Waals surface area contributed by atoms with Gasteiger partial charge in [0.15, 0.2) is 0 Å². The summed E-state index contributed by atoms with van der Waals surface area (Å²) in [5.74, 6) is -0.634. The molecule has 1 atom stereocenters. The van der Waals surface area contributed by atoms with E-state index in [0.717, 1.165) is 0 Å². The summed E-state index contributed by atoms with van der Waals surface area (Å²) in [5.41, 5.74) is 4.61. The molecule has 0 spiro atoms. The molecule has 0 saturated carbocycles. The summed E-state index contributed by atoms with van der Waals surface area (Å²) in [7, 11) is 0. The highest BCUT2D eigenvalue weighted by atomic mass is 32.1. The fraction of sp³-hybridized carbons (Fsp3) is 0.667. The number of thiol groups is 1. The van der Waals surface area contributed by atoms with Gasteiger partial charge in [0.2, 0.25) is 5.91 Å². The molecule has 3 N–H and O–H groups in total. The molecule has 0 heterocycles. The van der Waals surface area contributed by atoms with E-state index in [1.165, 1.54) is 0 Å². The van der Waals surface area contributed by atoms with Crippen LogP contribution in [0.4, 0.5) is 0 Å². The quantitative estimate of drug-likeness (QED) is 0.400. The van der Waals surface area contributed by atoms with Crippen molar-refractivity contribution in [2.45, 2.75) is 6.10 Å². The number of aliphatic hydroxyl groups is 1. The van der Waals surface area contributed by atoms with Gasteiger partial charge in [-0.25, -0.2) is 0 Å². The number of hydrogen-bond donors (Lipinski definition) is 3. The highest BCUT2D eigenvalue weighted by Gasteiger charge is 2.05. The maximum atomic E-state index is 9.85. The predicted octanol–water partition coefficient (Wildman–Crippen LogP) is -1.24. The van der Waals surface area contributed by atoms with Crippen LogP contribution >= 0.6 is 12.6 Å². The second-order valence-electron chi connectivity index (χ2n) is 1.10. The molecule has 0 aliphatic carbocycles. The van der Waals surface area contributed by atoms with Gasteiger partial charge < -0.3 is 10.8 Å². The summed E-state index contributed by atoms with van der Waals surface area (Å²) in [5, 5.41) is 8.38. The summed E-state index contributed by atoms with van der Waals surface area (Å²) in [4.78, 5) is 9.85.